The highest BCUT2D eigenvalue weighted by Crippen LogP contribution is 2.30. The molecule has 0 aliphatic rings. The molecule has 4 heteroatoms. The highest BCUT2D eigenvalue weighted by molar-refractivity contribution is 5.89. The van der Waals surface area contributed by atoms with E-state index in [0.29, 0.717) is 13.0 Å². The Bertz CT molecular complexity index is 637. The van der Waals surface area contributed by atoms with Crippen molar-refractivity contribution in [1.29, 1.82) is 0 Å². The number of rotatable bonds is 6. The first kappa shape index (κ1) is 15.2. The van der Waals surface area contributed by atoms with Crippen LogP contribution in [0, 0.1) is 0 Å². The molecule has 112 valence electrons. The summed E-state index contributed by atoms with van der Waals surface area (Å²) in [5.41, 5.74) is 1.11. The number of benzene rings is 2. The molecule has 0 atom stereocenters. The second-order valence-electron chi connectivity index (χ2n) is 4.79. The molecule has 1 N–H and O–H groups in total. The number of hydrogen-bond acceptors (Lipinski definition) is 3. The predicted molar refractivity (Wildman–Crippen MR) is 84.1 cm³/mol. The molecule has 0 aliphatic heterocycles. The standard InChI is InChI=1S/C17H21NO3/c1-4-17(19)18-10-9-15-14-7-6-13(20-2)11-12(14)5-8-16(15)21-3/h5-8,11H,4,9-10H2,1-3H3,(H,18,19). The number of fused-ring (bicyclic) bond motifs is 1. The minimum Gasteiger partial charge on any atom is -0.497 e. The third-order valence-corrected chi connectivity index (χ3v) is 3.53. The van der Waals surface area contributed by atoms with Gasteiger partial charge in [0, 0.05) is 18.5 Å². The normalized spacial score (nSPS) is 10.4. The summed E-state index contributed by atoms with van der Waals surface area (Å²) in [5.74, 6) is 1.74. The van der Waals surface area contributed by atoms with Crippen molar-refractivity contribution in [2.24, 2.45) is 0 Å². The molecule has 0 radical (unpaired) electrons. The summed E-state index contributed by atoms with van der Waals surface area (Å²) < 4.78 is 10.7. The van der Waals surface area contributed by atoms with Gasteiger partial charge < -0.3 is 14.8 Å². The molecule has 21 heavy (non-hydrogen) atoms. The van der Waals surface area contributed by atoms with Gasteiger partial charge in [-0.2, -0.15) is 0 Å². The molecule has 2 aromatic rings. The van der Waals surface area contributed by atoms with Crippen LogP contribution in [0.3, 0.4) is 0 Å². The van der Waals surface area contributed by atoms with Crippen LogP contribution >= 0.6 is 0 Å². The molecule has 0 spiro atoms. The third kappa shape index (κ3) is 3.45. The molecule has 1 amide bonds. The van der Waals surface area contributed by atoms with Gasteiger partial charge >= 0.3 is 0 Å². The van der Waals surface area contributed by atoms with Gasteiger partial charge in [0.15, 0.2) is 0 Å². The van der Waals surface area contributed by atoms with E-state index < -0.39 is 0 Å². The second kappa shape index (κ2) is 6.97. The summed E-state index contributed by atoms with van der Waals surface area (Å²) in [4.78, 5) is 11.3. The lowest BCUT2D eigenvalue weighted by Crippen LogP contribution is -2.24. The van der Waals surface area contributed by atoms with Crippen LogP contribution in [0.2, 0.25) is 0 Å². The first-order valence-corrected chi connectivity index (χ1v) is 7.10. The lowest BCUT2D eigenvalue weighted by molar-refractivity contribution is -0.120. The lowest BCUT2D eigenvalue weighted by Gasteiger charge is -2.13. The van der Waals surface area contributed by atoms with Crippen molar-refractivity contribution in [2.45, 2.75) is 19.8 Å². The number of methoxy groups -OCH3 is 2. The van der Waals surface area contributed by atoms with Gasteiger partial charge in [-0.15, -0.1) is 0 Å². The van der Waals surface area contributed by atoms with Gasteiger partial charge in [0.05, 0.1) is 14.2 Å². The van der Waals surface area contributed by atoms with Crippen LogP contribution in [0.4, 0.5) is 0 Å². The molecule has 0 saturated carbocycles. The Balaban J connectivity index is 2.32. The van der Waals surface area contributed by atoms with Crippen molar-refractivity contribution >= 4 is 16.7 Å². The number of hydrogen-bond donors (Lipinski definition) is 1. The van der Waals surface area contributed by atoms with Crippen LogP contribution in [0.25, 0.3) is 10.8 Å². The maximum Gasteiger partial charge on any atom is 0.219 e. The SMILES string of the molecule is CCC(=O)NCCc1c(OC)ccc2cc(OC)ccc12. The number of nitrogens with one attached hydrogen (secondary N) is 1. The Morgan fingerprint density at radius 1 is 1.14 bits per heavy atom. The van der Waals surface area contributed by atoms with Crippen molar-refractivity contribution < 1.29 is 14.3 Å². The quantitative estimate of drug-likeness (QED) is 0.888. The summed E-state index contributed by atoms with van der Waals surface area (Å²) in [6.07, 6.45) is 1.24. The highest BCUT2D eigenvalue weighted by Gasteiger charge is 2.09. The van der Waals surface area contributed by atoms with Crippen molar-refractivity contribution in [3.8, 4) is 11.5 Å². The smallest absolute Gasteiger partial charge is 0.219 e. The van der Waals surface area contributed by atoms with Crippen LogP contribution in [0.5, 0.6) is 11.5 Å². The van der Waals surface area contributed by atoms with E-state index in [1.54, 1.807) is 14.2 Å². The van der Waals surface area contributed by atoms with Crippen molar-refractivity contribution in [3.05, 3.63) is 35.9 Å². The molecule has 0 fully saturated rings. The number of ether oxygens (including phenoxy) is 2. The Labute approximate surface area is 125 Å². The van der Waals surface area contributed by atoms with Crippen LogP contribution in [-0.4, -0.2) is 26.7 Å². The van der Waals surface area contributed by atoms with E-state index in [0.717, 1.165) is 34.3 Å². The molecule has 2 aromatic carbocycles. The molecule has 0 heterocycles. The minimum atomic E-state index is 0.0656. The Morgan fingerprint density at radius 3 is 2.62 bits per heavy atom. The number of carbonyl (C=O) groups is 1. The predicted octanol–water partition coefficient (Wildman–Crippen LogP) is 2.93. The summed E-state index contributed by atoms with van der Waals surface area (Å²) in [6.45, 7) is 2.45. The summed E-state index contributed by atoms with van der Waals surface area (Å²) in [6, 6.07) is 9.95. The fourth-order valence-corrected chi connectivity index (χ4v) is 2.38. The fourth-order valence-electron chi connectivity index (χ4n) is 2.38. The Kier molecular flexibility index (Phi) is 5.04. The van der Waals surface area contributed by atoms with E-state index in [9.17, 15) is 4.79 Å². The van der Waals surface area contributed by atoms with Gasteiger partial charge in [0.25, 0.3) is 0 Å². The molecule has 2 rings (SSSR count). The zero-order valence-electron chi connectivity index (χ0n) is 12.7. The molecular formula is C17H21NO3. The van der Waals surface area contributed by atoms with Crippen molar-refractivity contribution in [3.63, 3.8) is 0 Å². The van der Waals surface area contributed by atoms with Gasteiger partial charge in [-0.05, 0) is 35.4 Å². The first-order valence-electron chi connectivity index (χ1n) is 7.10. The summed E-state index contributed by atoms with van der Waals surface area (Å²) in [5, 5.41) is 5.13. The molecule has 0 aromatic heterocycles. The van der Waals surface area contributed by atoms with Gasteiger partial charge in [-0.3, -0.25) is 4.79 Å². The maximum absolute atomic E-state index is 11.3. The van der Waals surface area contributed by atoms with E-state index in [-0.39, 0.29) is 5.91 Å². The van der Waals surface area contributed by atoms with E-state index >= 15 is 0 Å². The van der Waals surface area contributed by atoms with E-state index in [1.165, 1.54) is 0 Å². The Morgan fingerprint density at radius 2 is 1.95 bits per heavy atom. The third-order valence-electron chi connectivity index (χ3n) is 3.53. The topological polar surface area (TPSA) is 47.6 Å². The molecular weight excluding hydrogens is 266 g/mol. The van der Waals surface area contributed by atoms with Gasteiger partial charge in [-0.25, -0.2) is 0 Å². The summed E-state index contributed by atoms with van der Waals surface area (Å²) >= 11 is 0. The van der Waals surface area contributed by atoms with E-state index in [4.69, 9.17) is 9.47 Å². The molecule has 0 bridgehead atoms. The fraction of sp³-hybridized carbons (Fsp3) is 0.353. The number of amides is 1. The van der Waals surface area contributed by atoms with Gasteiger partial charge in [0.2, 0.25) is 5.91 Å². The maximum atomic E-state index is 11.3. The first-order chi connectivity index (χ1) is 10.2. The zero-order valence-corrected chi connectivity index (χ0v) is 12.7. The van der Waals surface area contributed by atoms with Crippen molar-refractivity contribution in [2.75, 3.05) is 20.8 Å². The average molecular weight is 287 g/mol. The van der Waals surface area contributed by atoms with Crippen LogP contribution < -0.4 is 14.8 Å². The monoisotopic (exact) mass is 287 g/mol. The molecule has 4 nitrogen and oxygen atoms in total. The minimum absolute atomic E-state index is 0.0656. The van der Waals surface area contributed by atoms with Gasteiger partial charge in [0.1, 0.15) is 11.5 Å². The van der Waals surface area contributed by atoms with Crippen LogP contribution in [0.15, 0.2) is 30.3 Å². The Hall–Kier alpha value is -2.23. The van der Waals surface area contributed by atoms with Crippen LogP contribution in [-0.2, 0) is 11.2 Å². The molecule has 0 aliphatic carbocycles. The summed E-state index contributed by atoms with van der Waals surface area (Å²) in [7, 11) is 3.32. The average Bonchev–Trinajstić information content (AvgIpc) is 2.53. The molecule has 0 saturated heterocycles. The molecule has 0 unspecified atom stereocenters. The van der Waals surface area contributed by atoms with Gasteiger partial charge in [-0.1, -0.05) is 19.1 Å². The zero-order chi connectivity index (χ0) is 15.2. The second-order valence-corrected chi connectivity index (χ2v) is 4.79. The van der Waals surface area contributed by atoms with E-state index in [1.807, 2.05) is 37.3 Å². The van der Waals surface area contributed by atoms with Crippen LogP contribution in [0.1, 0.15) is 18.9 Å². The lowest BCUT2D eigenvalue weighted by atomic mass is 10.0. The highest BCUT2D eigenvalue weighted by atomic mass is 16.5. The number of carbonyl (C=O) groups excluding carboxylic acids is 1. The van der Waals surface area contributed by atoms with Crippen molar-refractivity contribution in [1.82, 2.24) is 5.32 Å². The van der Waals surface area contributed by atoms with E-state index in [2.05, 4.69) is 5.32 Å². The largest absolute Gasteiger partial charge is 0.497 e.